The molecule has 0 unspecified atom stereocenters. The zero-order valence-electron chi connectivity index (χ0n) is 23.5. The second kappa shape index (κ2) is 16.1. The van der Waals surface area contributed by atoms with E-state index in [1.54, 1.807) is 0 Å². The normalized spacial score (nSPS) is 11.0. The fourth-order valence-electron chi connectivity index (χ4n) is 4.96. The van der Waals surface area contributed by atoms with Crippen molar-refractivity contribution in [1.82, 2.24) is 0 Å². The van der Waals surface area contributed by atoms with Gasteiger partial charge in [-0.2, -0.15) is 0 Å². The van der Waals surface area contributed by atoms with Gasteiger partial charge in [0.15, 0.2) is 0 Å². The maximum Gasteiger partial charge on any atom is 0.673 e. The Morgan fingerprint density at radius 2 is 0.523 bits per heavy atom. The molecule has 223 valence electrons. The van der Waals surface area contributed by atoms with Crippen molar-refractivity contribution in [3.05, 3.63) is 170 Å². The van der Waals surface area contributed by atoms with E-state index < -0.39 is 23.1 Å². The van der Waals surface area contributed by atoms with Crippen LogP contribution >= 0.6 is 15.8 Å². The Morgan fingerprint density at radius 3 is 0.773 bits per heavy atom. The van der Waals surface area contributed by atoms with Gasteiger partial charge in [-0.15, -0.1) is 0 Å². The van der Waals surface area contributed by atoms with Crippen LogP contribution in [-0.2, 0) is 19.5 Å². The van der Waals surface area contributed by atoms with Gasteiger partial charge in [-0.25, -0.2) is 0 Å². The Bertz CT molecular complexity index is 1510. The summed E-state index contributed by atoms with van der Waals surface area (Å²) in [6.45, 7) is 0. The van der Waals surface area contributed by atoms with Crippen LogP contribution in [0.3, 0.4) is 0 Å². The molecule has 0 aliphatic heterocycles. The summed E-state index contributed by atoms with van der Waals surface area (Å²) < 4.78 is 39.0. The smallest absolute Gasteiger partial charge is 0.418 e. The topological polar surface area (TPSA) is 0 Å². The molecule has 0 heterocycles. The molecular weight excluding hydrogens is 684 g/mol. The molecule has 44 heavy (non-hydrogen) atoms. The molecule has 8 heteroatoms. The molecule has 0 spiro atoms. The van der Waals surface area contributed by atoms with E-state index in [2.05, 4.69) is 170 Å². The van der Waals surface area contributed by atoms with Gasteiger partial charge in [0, 0.05) is 19.5 Å². The number of hydrogen-bond donors (Lipinski definition) is 0. The molecule has 0 saturated heterocycles. The van der Waals surface area contributed by atoms with Crippen LogP contribution in [0.2, 0.25) is 0 Å². The van der Waals surface area contributed by atoms with Crippen molar-refractivity contribution in [3.63, 3.8) is 0 Å². The minimum atomic E-state index is -6.00. The molecule has 6 rings (SSSR count). The first-order chi connectivity index (χ1) is 20.9. The molecule has 0 aliphatic rings. The molecule has 0 atom stereocenters. The molecule has 6 aromatic carbocycles. The number of halogens is 4. The molecule has 6 aromatic rings. The third-order valence-corrected chi connectivity index (χ3v) is 11.6. The number of rotatable bonds is 7. The van der Waals surface area contributed by atoms with Crippen molar-refractivity contribution >= 4 is 54.9 Å². The van der Waals surface area contributed by atoms with Crippen molar-refractivity contribution in [3.8, 4) is 11.1 Å². The third-order valence-electron chi connectivity index (χ3n) is 6.64. The van der Waals surface area contributed by atoms with Gasteiger partial charge in [0.05, 0.1) is 0 Å². The summed E-state index contributed by atoms with van der Waals surface area (Å²) in [5.74, 6) is 0. The summed E-state index contributed by atoms with van der Waals surface area (Å²) in [7, 11) is -7.45. The molecule has 1 radical (unpaired) electrons. The molecule has 0 N–H and O–H groups in total. The van der Waals surface area contributed by atoms with Crippen molar-refractivity contribution in [1.29, 1.82) is 0 Å². The summed E-state index contributed by atoms with van der Waals surface area (Å²) in [5.41, 5.74) is 2.64. The SMILES string of the molecule is F[B-](F)(F)F.[Rh].c1ccc(P(c2ccccc2)c2ccccc2-c2ccccc2P(c2ccccc2)c2ccccc2)cc1. The van der Waals surface area contributed by atoms with Gasteiger partial charge in [-0.1, -0.05) is 170 Å². The van der Waals surface area contributed by atoms with Gasteiger partial charge < -0.3 is 17.3 Å². The monoisotopic (exact) mass is 712 g/mol. The number of benzene rings is 6. The summed E-state index contributed by atoms with van der Waals surface area (Å²) >= 11 is 0. The minimum absolute atomic E-state index is 0. The molecule has 0 saturated carbocycles. The molecule has 0 bridgehead atoms. The van der Waals surface area contributed by atoms with Crippen LogP contribution in [0.15, 0.2) is 170 Å². The standard InChI is InChI=1S/C36H28P2.BF4.Rh/c1-5-17-29(18-6-1)37(30-19-7-2-8-20-30)35-27-15-13-25-33(35)34-26-14-16-28-36(34)38(31-21-9-3-10-22-31)32-23-11-4-12-24-32;2-1(3,4)5;/h1-28H;;/q;-1;. The Hall–Kier alpha value is -3.41. The summed E-state index contributed by atoms with van der Waals surface area (Å²) in [5, 5.41) is 8.25. The van der Waals surface area contributed by atoms with E-state index in [9.17, 15) is 17.3 Å². The average Bonchev–Trinajstić information content (AvgIpc) is 3.03. The van der Waals surface area contributed by atoms with Crippen LogP contribution < -0.4 is 31.8 Å². The van der Waals surface area contributed by atoms with Gasteiger partial charge in [0.2, 0.25) is 0 Å². The van der Waals surface area contributed by atoms with E-state index in [-0.39, 0.29) is 19.5 Å². The van der Waals surface area contributed by atoms with E-state index >= 15 is 0 Å². The molecule has 0 aromatic heterocycles. The predicted octanol–water partition coefficient (Wildman–Crippen LogP) is 8.17. The Labute approximate surface area is 271 Å². The second-order valence-corrected chi connectivity index (χ2v) is 13.9. The van der Waals surface area contributed by atoms with Crippen molar-refractivity contribution in [2.45, 2.75) is 0 Å². The largest absolute Gasteiger partial charge is 0.673 e. The zero-order chi connectivity index (χ0) is 30.1. The first-order valence-electron chi connectivity index (χ1n) is 13.8. The van der Waals surface area contributed by atoms with E-state index in [0.717, 1.165) is 0 Å². The van der Waals surface area contributed by atoms with Gasteiger partial charge in [-0.3, -0.25) is 0 Å². The van der Waals surface area contributed by atoms with Gasteiger partial charge in [-0.05, 0) is 58.8 Å². The van der Waals surface area contributed by atoms with Crippen LogP contribution in [-0.4, -0.2) is 7.25 Å². The van der Waals surface area contributed by atoms with Crippen molar-refractivity contribution < 1.29 is 36.7 Å². The first-order valence-corrected chi connectivity index (χ1v) is 16.4. The zero-order valence-corrected chi connectivity index (χ0v) is 26.9. The Kier molecular flexibility index (Phi) is 12.2. The van der Waals surface area contributed by atoms with Crippen molar-refractivity contribution in [2.24, 2.45) is 0 Å². The van der Waals surface area contributed by atoms with Crippen molar-refractivity contribution in [2.75, 3.05) is 0 Å². The van der Waals surface area contributed by atoms with E-state index in [1.807, 2.05) is 0 Å². The predicted molar refractivity (Wildman–Crippen MR) is 179 cm³/mol. The molecule has 0 fully saturated rings. The third kappa shape index (κ3) is 8.83. The molecule has 0 amide bonds. The summed E-state index contributed by atoms with van der Waals surface area (Å²) in [4.78, 5) is 0. The van der Waals surface area contributed by atoms with Gasteiger partial charge >= 0.3 is 7.25 Å². The van der Waals surface area contributed by atoms with Crippen LogP contribution in [0.1, 0.15) is 0 Å². The maximum atomic E-state index is 9.75. The second-order valence-electron chi connectivity index (χ2n) is 9.54. The van der Waals surface area contributed by atoms with E-state index in [0.29, 0.717) is 0 Å². The van der Waals surface area contributed by atoms with Crippen LogP contribution in [0.5, 0.6) is 0 Å². The van der Waals surface area contributed by atoms with E-state index in [4.69, 9.17) is 0 Å². The van der Waals surface area contributed by atoms with E-state index in [1.165, 1.54) is 43.0 Å². The first kappa shape index (κ1) is 33.5. The van der Waals surface area contributed by atoms with Crippen LogP contribution in [0, 0.1) is 0 Å². The average molecular weight is 712 g/mol. The molecule has 0 nitrogen and oxygen atoms in total. The van der Waals surface area contributed by atoms with Crippen LogP contribution in [0.4, 0.5) is 17.3 Å². The number of hydrogen-bond acceptors (Lipinski definition) is 0. The van der Waals surface area contributed by atoms with Crippen LogP contribution in [0.25, 0.3) is 11.1 Å². The van der Waals surface area contributed by atoms with Gasteiger partial charge in [0.1, 0.15) is 0 Å². The van der Waals surface area contributed by atoms with Gasteiger partial charge in [0.25, 0.3) is 0 Å². The maximum absolute atomic E-state index is 9.75. The summed E-state index contributed by atoms with van der Waals surface area (Å²) in [6, 6.07) is 62.0. The fraction of sp³-hybridized carbons (Fsp3) is 0. The quantitative estimate of drug-likeness (QED) is 0.0891. The summed E-state index contributed by atoms with van der Waals surface area (Å²) in [6.07, 6.45) is 0. The molecular formula is C36H28BF4P2Rh-. The minimum Gasteiger partial charge on any atom is -0.418 e. The molecule has 0 aliphatic carbocycles. The fourth-order valence-corrected chi connectivity index (χ4v) is 9.89. The Balaban J connectivity index is 0.000000683. The Morgan fingerprint density at radius 1 is 0.318 bits per heavy atom.